The Morgan fingerprint density at radius 1 is 1.21 bits per heavy atom. The molecule has 1 unspecified atom stereocenters. The summed E-state index contributed by atoms with van der Waals surface area (Å²) >= 11 is 0. The number of carbonyl (C=O) groups is 1. The SMILES string of the molecule is CCC1CCCCN1c1ncc(C(=O)N(C)c2ccccc2)cn1. The van der Waals surface area contributed by atoms with Crippen LogP contribution in [0, 0.1) is 0 Å². The van der Waals surface area contributed by atoms with E-state index in [0.717, 1.165) is 24.6 Å². The molecular weight excluding hydrogens is 300 g/mol. The zero-order valence-corrected chi connectivity index (χ0v) is 14.4. The summed E-state index contributed by atoms with van der Waals surface area (Å²) < 4.78 is 0. The second-order valence-corrected chi connectivity index (χ2v) is 6.22. The van der Waals surface area contributed by atoms with Crippen molar-refractivity contribution in [3.63, 3.8) is 0 Å². The molecule has 0 saturated carbocycles. The first-order valence-electron chi connectivity index (χ1n) is 8.62. The van der Waals surface area contributed by atoms with Crippen LogP contribution in [0.1, 0.15) is 43.0 Å². The lowest BCUT2D eigenvalue weighted by atomic mass is 10.0. The van der Waals surface area contributed by atoms with Crippen molar-refractivity contribution in [3.05, 3.63) is 48.3 Å². The number of piperidine rings is 1. The lowest BCUT2D eigenvalue weighted by Gasteiger charge is -2.35. The molecule has 0 N–H and O–H groups in total. The van der Waals surface area contributed by atoms with E-state index in [1.807, 2.05) is 30.3 Å². The van der Waals surface area contributed by atoms with Crippen LogP contribution in [0.5, 0.6) is 0 Å². The van der Waals surface area contributed by atoms with E-state index in [2.05, 4.69) is 21.8 Å². The van der Waals surface area contributed by atoms with E-state index in [1.165, 1.54) is 19.3 Å². The number of rotatable bonds is 4. The Hall–Kier alpha value is -2.43. The molecule has 2 heterocycles. The minimum absolute atomic E-state index is 0.0987. The van der Waals surface area contributed by atoms with Gasteiger partial charge < -0.3 is 9.80 Å². The van der Waals surface area contributed by atoms with Crippen molar-refractivity contribution in [1.82, 2.24) is 9.97 Å². The number of benzene rings is 1. The molecule has 0 aliphatic carbocycles. The monoisotopic (exact) mass is 324 g/mol. The Morgan fingerprint density at radius 3 is 2.58 bits per heavy atom. The van der Waals surface area contributed by atoms with E-state index in [1.54, 1.807) is 24.3 Å². The van der Waals surface area contributed by atoms with Gasteiger partial charge in [-0.1, -0.05) is 25.1 Å². The molecule has 0 radical (unpaired) electrons. The van der Waals surface area contributed by atoms with Crippen molar-refractivity contribution in [1.29, 1.82) is 0 Å². The molecule has 3 rings (SSSR count). The predicted octanol–water partition coefficient (Wildman–Crippen LogP) is 3.52. The van der Waals surface area contributed by atoms with Crippen molar-refractivity contribution in [2.75, 3.05) is 23.4 Å². The number of anilines is 2. The quantitative estimate of drug-likeness (QED) is 0.863. The maximum Gasteiger partial charge on any atom is 0.261 e. The molecular formula is C19H24N4O. The Balaban J connectivity index is 1.75. The highest BCUT2D eigenvalue weighted by atomic mass is 16.2. The van der Waals surface area contributed by atoms with Crippen LogP contribution in [0.25, 0.3) is 0 Å². The number of para-hydroxylation sites is 1. The van der Waals surface area contributed by atoms with E-state index in [4.69, 9.17) is 0 Å². The molecule has 1 aromatic carbocycles. The molecule has 2 aromatic rings. The minimum atomic E-state index is -0.0987. The van der Waals surface area contributed by atoms with E-state index in [-0.39, 0.29) is 5.91 Å². The number of aromatic nitrogens is 2. The average Bonchev–Trinajstić information content (AvgIpc) is 2.67. The second kappa shape index (κ2) is 7.43. The van der Waals surface area contributed by atoms with Crippen molar-refractivity contribution >= 4 is 17.5 Å². The summed E-state index contributed by atoms with van der Waals surface area (Å²) in [7, 11) is 1.77. The minimum Gasteiger partial charge on any atom is -0.338 e. The van der Waals surface area contributed by atoms with E-state index >= 15 is 0 Å². The van der Waals surface area contributed by atoms with Gasteiger partial charge in [-0.25, -0.2) is 9.97 Å². The highest BCUT2D eigenvalue weighted by Gasteiger charge is 2.23. The van der Waals surface area contributed by atoms with Gasteiger partial charge in [0.15, 0.2) is 0 Å². The molecule has 1 saturated heterocycles. The standard InChI is InChI=1S/C19H24N4O/c1-3-16-9-7-8-12-23(16)19-20-13-15(14-21-19)18(24)22(2)17-10-5-4-6-11-17/h4-6,10-11,13-14,16H,3,7-9,12H2,1-2H3. The third kappa shape index (κ3) is 3.40. The number of hydrogen-bond donors (Lipinski definition) is 0. The van der Waals surface area contributed by atoms with Gasteiger partial charge in [-0.05, 0) is 37.8 Å². The van der Waals surface area contributed by atoms with Gasteiger partial charge in [0.1, 0.15) is 0 Å². The highest BCUT2D eigenvalue weighted by Crippen LogP contribution is 2.23. The summed E-state index contributed by atoms with van der Waals surface area (Å²) in [5, 5.41) is 0. The van der Waals surface area contributed by atoms with Crippen LogP contribution < -0.4 is 9.80 Å². The molecule has 1 amide bonds. The normalized spacial score (nSPS) is 17.6. The van der Waals surface area contributed by atoms with Gasteiger partial charge in [0.2, 0.25) is 5.95 Å². The molecule has 0 spiro atoms. The molecule has 24 heavy (non-hydrogen) atoms. The largest absolute Gasteiger partial charge is 0.338 e. The average molecular weight is 324 g/mol. The summed E-state index contributed by atoms with van der Waals surface area (Å²) in [5.41, 5.74) is 1.36. The Morgan fingerprint density at radius 2 is 1.92 bits per heavy atom. The molecule has 0 bridgehead atoms. The molecule has 1 fully saturated rings. The van der Waals surface area contributed by atoms with E-state index in [0.29, 0.717) is 11.6 Å². The van der Waals surface area contributed by atoms with E-state index in [9.17, 15) is 4.79 Å². The van der Waals surface area contributed by atoms with Gasteiger partial charge in [-0.2, -0.15) is 0 Å². The summed E-state index contributed by atoms with van der Waals surface area (Å²) in [4.78, 5) is 25.4. The van der Waals surface area contributed by atoms with Crippen molar-refractivity contribution < 1.29 is 4.79 Å². The van der Waals surface area contributed by atoms with Crippen LogP contribution in [-0.2, 0) is 0 Å². The summed E-state index contributed by atoms with van der Waals surface area (Å²) in [6.45, 7) is 3.20. The van der Waals surface area contributed by atoms with Crippen LogP contribution in [0.15, 0.2) is 42.7 Å². The summed E-state index contributed by atoms with van der Waals surface area (Å²) in [6.07, 6.45) is 8.03. The first-order chi connectivity index (χ1) is 11.7. The fraction of sp³-hybridized carbons (Fsp3) is 0.421. The number of hydrogen-bond acceptors (Lipinski definition) is 4. The van der Waals surface area contributed by atoms with Gasteiger partial charge in [-0.3, -0.25) is 4.79 Å². The third-order valence-electron chi connectivity index (χ3n) is 4.69. The van der Waals surface area contributed by atoms with E-state index < -0.39 is 0 Å². The zero-order valence-electron chi connectivity index (χ0n) is 14.4. The van der Waals surface area contributed by atoms with Gasteiger partial charge in [-0.15, -0.1) is 0 Å². The molecule has 5 nitrogen and oxygen atoms in total. The smallest absolute Gasteiger partial charge is 0.261 e. The highest BCUT2D eigenvalue weighted by molar-refractivity contribution is 6.05. The lowest BCUT2D eigenvalue weighted by Crippen LogP contribution is -2.40. The van der Waals surface area contributed by atoms with Crippen LogP contribution in [-0.4, -0.2) is 35.5 Å². The van der Waals surface area contributed by atoms with Crippen LogP contribution >= 0.6 is 0 Å². The van der Waals surface area contributed by atoms with Crippen LogP contribution in [0.3, 0.4) is 0 Å². The van der Waals surface area contributed by atoms with Crippen molar-refractivity contribution in [2.24, 2.45) is 0 Å². The van der Waals surface area contributed by atoms with Crippen LogP contribution in [0.4, 0.5) is 11.6 Å². The fourth-order valence-electron chi connectivity index (χ4n) is 3.23. The lowest BCUT2D eigenvalue weighted by molar-refractivity contribution is 0.0992. The van der Waals surface area contributed by atoms with Crippen LogP contribution in [0.2, 0.25) is 0 Å². The molecule has 1 atom stereocenters. The molecule has 126 valence electrons. The predicted molar refractivity (Wildman–Crippen MR) is 96.5 cm³/mol. The number of carbonyl (C=O) groups excluding carboxylic acids is 1. The number of nitrogens with zero attached hydrogens (tertiary/aromatic N) is 4. The van der Waals surface area contributed by atoms with Gasteiger partial charge in [0, 0.05) is 37.7 Å². The first-order valence-corrected chi connectivity index (χ1v) is 8.62. The zero-order chi connectivity index (χ0) is 16.9. The fourth-order valence-corrected chi connectivity index (χ4v) is 3.23. The summed E-state index contributed by atoms with van der Waals surface area (Å²) in [6, 6.07) is 10.1. The maximum absolute atomic E-state index is 12.6. The summed E-state index contributed by atoms with van der Waals surface area (Å²) in [5.74, 6) is 0.638. The van der Waals surface area contributed by atoms with Gasteiger partial charge in [0.25, 0.3) is 5.91 Å². The third-order valence-corrected chi connectivity index (χ3v) is 4.69. The molecule has 1 aliphatic rings. The Kier molecular flexibility index (Phi) is 5.08. The maximum atomic E-state index is 12.6. The topological polar surface area (TPSA) is 49.3 Å². The second-order valence-electron chi connectivity index (χ2n) is 6.22. The molecule has 1 aromatic heterocycles. The Bertz CT molecular complexity index is 672. The molecule has 1 aliphatic heterocycles. The first kappa shape index (κ1) is 16.4. The van der Waals surface area contributed by atoms with Crippen molar-refractivity contribution in [2.45, 2.75) is 38.6 Å². The Labute approximate surface area is 143 Å². The van der Waals surface area contributed by atoms with Gasteiger partial charge in [0.05, 0.1) is 5.56 Å². The van der Waals surface area contributed by atoms with Gasteiger partial charge >= 0.3 is 0 Å². The number of amides is 1. The van der Waals surface area contributed by atoms with Crippen molar-refractivity contribution in [3.8, 4) is 0 Å². The molecule has 5 heteroatoms.